The lowest BCUT2D eigenvalue weighted by atomic mass is 9.64. The van der Waals surface area contributed by atoms with Gasteiger partial charge >= 0.3 is 0 Å². The van der Waals surface area contributed by atoms with E-state index in [0.29, 0.717) is 71.1 Å². The minimum Gasteiger partial charge on any atom is -0.289 e. The Balaban J connectivity index is 1.02. The van der Waals surface area contributed by atoms with Crippen molar-refractivity contribution in [2.75, 3.05) is 0 Å². The number of aryl methyl sites for hydroxylation is 1. The summed E-state index contributed by atoms with van der Waals surface area (Å²) < 4.78 is 0. The molecule has 0 fully saturated rings. The highest BCUT2D eigenvalue weighted by Gasteiger charge is 2.44. The molecule has 6 aliphatic rings. The van der Waals surface area contributed by atoms with E-state index in [4.69, 9.17) is 0 Å². The number of allylic oxidation sites excluding steroid dienone is 24. The van der Waals surface area contributed by atoms with Crippen LogP contribution >= 0.6 is 0 Å². The Morgan fingerprint density at radius 2 is 0.574 bits per heavy atom. The number of hydrogen-bond acceptors (Lipinski definition) is 6. The molecule has 4 aromatic carbocycles. The molecule has 6 heteroatoms. The van der Waals surface area contributed by atoms with Crippen LogP contribution in [-0.2, 0) is 16.0 Å². The van der Waals surface area contributed by atoms with Crippen LogP contribution in [0.25, 0.3) is 22.3 Å². The van der Waals surface area contributed by atoms with Gasteiger partial charge in [0.15, 0.2) is 34.7 Å². The van der Waals surface area contributed by atoms with Crippen LogP contribution < -0.4 is 0 Å². The summed E-state index contributed by atoms with van der Waals surface area (Å²) in [6.45, 7) is 44.1. The third-order valence-corrected chi connectivity index (χ3v) is 20.7. The Hall–Kier alpha value is -8.22. The van der Waals surface area contributed by atoms with Gasteiger partial charge in [-0.3, -0.25) is 28.8 Å². The molecule has 0 N–H and O–H groups in total. The van der Waals surface area contributed by atoms with E-state index < -0.39 is 32.5 Å². The van der Waals surface area contributed by atoms with Crippen LogP contribution in [0.2, 0.25) is 0 Å². The van der Waals surface area contributed by atoms with Crippen molar-refractivity contribution in [3.63, 3.8) is 0 Å². The van der Waals surface area contributed by atoms with Crippen LogP contribution in [0.4, 0.5) is 0 Å². The van der Waals surface area contributed by atoms with Crippen molar-refractivity contribution in [2.45, 2.75) is 178 Å². The zero-order chi connectivity index (χ0) is 69.0. The summed E-state index contributed by atoms with van der Waals surface area (Å²) in [7, 11) is 0. The summed E-state index contributed by atoms with van der Waals surface area (Å²) in [5.74, 6) is 0.0882. The number of rotatable bonds is 11. The molecule has 0 saturated carbocycles. The molecule has 0 spiro atoms. The molecule has 0 bridgehead atoms. The maximum atomic E-state index is 15.3. The predicted octanol–water partition coefficient (Wildman–Crippen LogP) is 21.8. The molecule has 4 aromatic rings. The maximum Gasteiger partial charge on any atom is 0.190 e. The zero-order valence-electron chi connectivity index (χ0n) is 59.9. The molecule has 6 nitrogen and oxygen atoms in total. The monoisotopic (exact) mass is 1250 g/mol. The number of hydrogen-bond donors (Lipinski definition) is 0. The van der Waals surface area contributed by atoms with E-state index in [9.17, 15) is 19.2 Å². The molecule has 0 saturated heterocycles. The van der Waals surface area contributed by atoms with E-state index in [0.717, 1.165) is 89.1 Å². The van der Waals surface area contributed by atoms with Crippen molar-refractivity contribution >= 4 is 57.0 Å². The van der Waals surface area contributed by atoms with Gasteiger partial charge in [0, 0.05) is 66.8 Å². The summed E-state index contributed by atoms with van der Waals surface area (Å²) in [6.07, 6.45) is 23.7. The molecule has 1 unspecified atom stereocenters. The number of carbonyl (C=O) groups excluding carboxylic acids is 6. The minimum atomic E-state index is -0.648. The van der Waals surface area contributed by atoms with Gasteiger partial charge in [0.1, 0.15) is 0 Å². The second kappa shape index (κ2) is 24.2. The molecule has 10 rings (SSSR count). The molecule has 486 valence electrons. The summed E-state index contributed by atoms with van der Waals surface area (Å²) in [5, 5.41) is 0. The second-order valence-electron chi connectivity index (χ2n) is 33.9. The zero-order valence-corrected chi connectivity index (χ0v) is 59.9. The van der Waals surface area contributed by atoms with Gasteiger partial charge in [-0.25, -0.2) is 0 Å². The van der Waals surface area contributed by atoms with Crippen LogP contribution in [0.5, 0.6) is 0 Å². The molecule has 1 atom stereocenters. The Morgan fingerprint density at radius 1 is 0.287 bits per heavy atom. The lowest BCUT2D eigenvalue weighted by Crippen LogP contribution is -2.32. The largest absolute Gasteiger partial charge is 0.289 e. The van der Waals surface area contributed by atoms with Gasteiger partial charge in [-0.15, -0.1) is 0 Å². The van der Waals surface area contributed by atoms with Gasteiger partial charge in [-0.1, -0.05) is 249 Å². The van der Waals surface area contributed by atoms with E-state index in [1.165, 1.54) is 0 Å². The molecular formula is C88H98O6. The normalized spacial score (nSPS) is 20.2. The molecule has 6 aliphatic carbocycles. The Labute approximate surface area is 561 Å². The van der Waals surface area contributed by atoms with Gasteiger partial charge in [-0.05, 0) is 185 Å². The number of ketones is 6. The van der Waals surface area contributed by atoms with E-state index in [1.54, 1.807) is 0 Å². The SMILES string of the molecule is CCC(C)(CCC(C)(C)C1=C/C(=C\C=C2C=C(C(C)(C)C)C(=O)C(C(C)(C)C)=C2)C=C(C(C)(C)C)C1=O)C1=C/C(=C2/C=C(C(C)(C)CCc3ccc4c(c3)/C(=C3\C=C(C(C)(C)C)C(=O)c5ccccc53)C=C(C(C)(C)C)C4=O)C(=O)c3ccccc32)c2ccccc2C1=O. The van der Waals surface area contributed by atoms with Crippen LogP contribution in [0.3, 0.4) is 0 Å². The third-order valence-electron chi connectivity index (χ3n) is 20.7. The molecule has 0 aliphatic heterocycles. The average Bonchev–Trinajstić information content (AvgIpc) is 0.743. The minimum absolute atomic E-state index is 0.00324. The van der Waals surface area contributed by atoms with Gasteiger partial charge in [0.05, 0.1) is 0 Å². The fraction of sp³-hybridized carbons (Fsp3) is 0.386. The van der Waals surface area contributed by atoms with Crippen molar-refractivity contribution in [3.05, 3.63) is 258 Å². The molecule has 0 heterocycles. The first-order chi connectivity index (χ1) is 43.6. The highest BCUT2D eigenvalue weighted by atomic mass is 16.1. The van der Waals surface area contributed by atoms with Crippen LogP contribution in [0.1, 0.15) is 240 Å². The van der Waals surface area contributed by atoms with Crippen LogP contribution in [0.15, 0.2) is 207 Å². The molecule has 0 radical (unpaired) electrons. The van der Waals surface area contributed by atoms with Crippen molar-refractivity contribution in [2.24, 2.45) is 43.3 Å². The number of carbonyl (C=O) groups is 6. The van der Waals surface area contributed by atoms with Crippen LogP contribution in [0, 0.1) is 43.3 Å². The lowest BCUT2D eigenvalue weighted by molar-refractivity contribution is -0.115. The van der Waals surface area contributed by atoms with E-state index in [-0.39, 0.29) is 45.5 Å². The van der Waals surface area contributed by atoms with Gasteiger partial charge < -0.3 is 0 Å². The van der Waals surface area contributed by atoms with Gasteiger partial charge in [0.25, 0.3) is 0 Å². The number of fused-ring (bicyclic) bond motifs is 4. The van der Waals surface area contributed by atoms with E-state index in [1.807, 2.05) is 97.1 Å². The third kappa shape index (κ3) is 12.9. The summed E-state index contributed by atoms with van der Waals surface area (Å²) in [4.78, 5) is 88.0. The first kappa shape index (κ1) is 68.6. The Morgan fingerprint density at radius 3 is 0.968 bits per heavy atom. The predicted molar refractivity (Wildman–Crippen MR) is 388 cm³/mol. The topological polar surface area (TPSA) is 102 Å². The second-order valence-corrected chi connectivity index (χ2v) is 33.9. The standard InChI is InChI=1S/C88H98O6/c1-22-88(21,42-41-87(19,20)72-47-54(46-69(80(72)94)83(8,9)10)36-35-53-44-67(81(2,3)4)79(93)68(45-53)82(5,6)7)74-51-65(57-31-25-28-34-60(57)78(74)92)64-50-73(77(91)59-33-27-24-30-56(59)64)86(17,18)40-39-52-37-38-61-62(43-52)66(49-71(76(61)90)85(14,15)16)63-48-70(84(11,12)13)75(89)58-32-26-23-29-55(58)63/h23-38,43-51H,22,39-42H2,1-21H3/b54-36-,65-64+,66-63+. The smallest absolute Gasteiger partial charge is 0.190 e. The van der Waals surface area contributed by atoms with Crippen molar-refractivity contribution in [1.29, 1.82) is 0 Å². The summed E-state index contributed by atoms with van der Waals surface area (Å²) in [6, 6.07) is 29.7. The Bertz CT molecular complexity index is 4350. The lowest BCUT2D eigenvalue weighted by Gasteiger charge is -2.39. The van der Waals surface area contributed by atoms with Crippen LogP contribution in [-0.4, -0.2) is 34.7 Å². The van der Waals surface area contributed by atoms with E-state index >= 15 is 9.59 Å². The van der Waals surface area contributed by atoms with E-state index in [2.05, 4.69) is 200 Å². The average molecular weight is 1250 g/mol. The fourth-order valence-corrected chi connectivity index (χ4v) is 14.3. The fourth-order valence-electron chi connectivity index (χ4n) is 14.3. The Kier molecular flexibility index (Phi) is 17.7. The molecule has 0 aromatic heterocycles. The molecule has 0 amide bonds. The summed E-state index contributed by atoms with van der Waals surface area (Å²) >= 11 is 0. The quantitative estimate of drug-likeness (QED) is 0.148. The molecule has 94 heavy (non-hydrogen) atoms. The van der Waals surface area contributed by atoms with Gasteiger partial charge in [0.2, 0.25) is 0 Å². The maximum absolute atomic E-state index is 15.3. The highest BCUT2D eigenvalue weighted by Crippen LogP contribution is 2.52. The summed E-state index contributed by atoms with van der Waals surface area (Å²) in [5.41, 5.74) is 14.3. The molecular weight excluding hydrogens is 1150 g/mol. The first-order valence-corrected chi connectivity index (χ1v) is 33.9. The highest BCUT2D eigenvalue weighted by molar-refractivity contribution is 6.26. The number of Topliss-reactive ketones (excluding diaryl/α,β-unsaturated/α-hetero) is 6. The first-order valence-electron chi connectivity index (χ1n) is 33.9. The van der Waals surface area contributed by atoms with Crippen molar-refractivity contribution < 1.29 is 28.8 Å². The van der Waals surface area contributed by atoms with Crippen molar-refractivity contribution in [3.8, 4) is 0 Å². The van der Waals surface area contributed by atoms with Gasteiger partial charge in [-0.2, -0.15) is 0 Å². The number of benzene rings is 4. The van der Waals surface area contributed by atoms with Crippen molar-refractivity contribution in [1.82, 2.24) is 0 Å².